The van der Waals surface area contributed by atoms with Crippen molar-refractivity contribution in [1.82, 2.24) is 10.2 Å². The lowest BCUT2D eigenvalue weighted by Gasteiger charge is -2.14. The monoisotopic (exact) mass is 341 g/mol. The Labute approximate surface area is 143 Å². The molecule has 2 aromatic rings. The highest BCUT2D eigenvalue weighted by Crippen LogP contribution is 2.22. The summed E-state index contributed by atoms with van der Waals surface area (Å²) >= 11 is 0. The van der Waals surface area contributed by atoms with E-state index in [-0.39, 0.29) is 30.6 Å². The third-order valence-electron chi connectivity index (χ3n) is 3.84. The normalized spacial score (nSPS) is 12.9. The van der Waals surface area contributed by atoms with E-state index >= 15 is 0 Å². The SMILES string of the molecule is O=C(NCCCN1C(=O)c2ccccc2C1=O)Nc1ccccc1F. The summed E-state index contributed by atoms with van der Waals surface area (Å²) in [5.74, 6) is -1.17. The van der Waals surface area contributed by atoms with Gasteiger partial charge in [-0.25, -0.2) is 9.18 Å². The Bertz CT molecular complexity index is 803. The standard InChI is InChI=1S/C18H16FN3O3/c19-14-8-3-4-9-15(14)21-18(25)20-10-5-11-22-16(23)12-6-1-2-7-13(12)17(22)24/h1-4,6-9H,5,10-11H2,(H2,20,21,25). The number of nitrogens with one attached hydrogen (secondary N) is 2. The van der Waals surface area contributed by atoms with Crippen LogP contribution < -0.4 is 10.6 Å². The number of urea groups is 1. The van der Waals surface area contributed by atoms with Crippen LogP contribution >= 0.6 is 0 Å². The van der Waals surface area contributed by atoms with Crippen molar-refractivity contribution in [2.75, 3.05) is 18.4 Å². The van der Waals surface area contributed by atoms with Crippen LogP contribution in [0.5, 0.6) is 0 Å². The molecule has 4 amide bonds. The van der Waals surface area contributed by atoms with Crippen LogP contribution in [0.3, 0.4) is 0 Å². The van der Waals surface area contributed by atoms with Crippen LogP contribution in [0.2, 0.25) is 0 Å². The first kappa shape index (κ1) is 16.6. The molecule has 1 aliphatic rings. The lowest BCUT2D eigenvalue weighted by Crippen LogP contribution is -2.35. The number of anilines is 1. The van der Waals surface area contributed by atoms with E-state index in [0.717, 1.165) is 0 Å². The van der Waals surface area contributed by atoms with Gasteiger partial charge < -0.3 is 10.6 Å². The number of nitrogens with zero attached hydrogens (tertiary/aromatic N) is 1. The molecule has 0 saturated carbocycles. The smallest absolute Gasteiger partial charge is 0.319 e. The van der Waals surface area contributed by atoms with E-state index in [1.165, 1.54) is 23.1 Å². The third kappa shape index (κ3) is 3.50. The number of rotatable bonds is 5. The number of amides is 4. The highest BCUT2D eigenvalue weighted by molar-refractivity contribution is 6.21. The van der Waals surface area contributed by atoms with Crippen molar-refractivity contribution in [1.29, 1.82) is 0 Å². The molecule has 0 atom stereocenters. The topological polar surface area (TPSA) is 78.5 Å². The molecule has 1 aliphatic heterocycles. The molecule has 2 N–H and O–H groups in total. The quantitative estimate of drug-likeness (QED) is 0.648. The Morgan fingerprint density at radius 3 is 2.20 bits per heavy atom. The zero-order valence-electron chi connectivity index (χ0n) is 13.3. The molecule has 25 heavy (non-hydrogen) atoms. The van der Waals surface area contributed by atoms with Crippen LogP contribution in [0, 0.1) is 5.82 Å². The average Bonchev–Trinajstić information content (AvgIpc) is 2.86. The van der Waals surface area contributed by atoms with Crippen molar-refractivity contribution in [3.63, 3.8) is 0 Å². The molecule has 3 rings (SSSR count). The minimum absolute atomic E-state index is 0.0837. The maximum atomic E-state index is 13.4. The van der Waals surface area contributed by atoms with Crippen molar-refractivity contribution in [3.05, 3.63) is 65.5 Å². The number of hydrogen-bond donors (Lipinski definition) is 2. The lowest BCUT2D eigenvalue weighted by atomic mass is 10.1. The van der Waals surface area contributed by atoms with Gasteiger partial charge in [0.15, 0.2) is 0 Å². The van der Waals surface area contributed by atoms with Gasteiger partial charge in [0.05, 0.1) is 16.8 Å². The number of carbonyl (C=O) groups is 3. The lowest BCUT2D eigenvalue weighted by molar-refractivity contribution is 0.0653. The number of para-hydroxylation sites is 1. The Morgan fingerprint density at radius 2 is 1.56 bits per heavy atom. The summed E-state index contributed by atoms with van der Waals surface area (Å²) < 4.78 is 13.4. The number of benzene rings is 2. The van der Waals surface area contributed by atoms with Crippen LogP contribution in [0.15, 0.2) is 48.5 Å². The number of fused-ring (bicyclic) bond motifs is 1. The van der Waals surface area contributed by atoms with Crippen LogP contribution in [0.4, 0.5) is 14.9 Å². The van der Waals surface area contributed by atoms with Gasteiger partial charge >= 0.3 is 6.03 Å². The molecule has 0 spiro atoms. The van der Waals surface area contributed by atoms with E-state index < -0.39 is 11.8 Å². The minimum Gasteiger partial charge on any atom is -0.338 e. The highest BCUT2D eigenvalue weighted by Gasteiger charge is 2.34. The van der Waals surface area contributed by atoms with Crippen LogP contribution in [0.1, 0.15) is 27.1 Å². The van der Waals surface area contributed by atoms with E-state index in [9.17, 15) is 18.8 Å². The fourth-order valence-corrected chi connectivity index (χ4v) is 2.61. The predicted molar refractivity (Wildman–Crippen MR) is 89.8 cm³/mol. The number of carbonyl (C=O) groups excluding carboxylic acids is 3. The van der Waals surface area contributed by atoms with E-state index in [2.05, 4.69) is 10.6 Å². The number of halogens is 1. The molecular formula is C18H16FN3O3. The van der Waals surface area contributed by atoms with Gasteiger partial charge in [0, 0.05) is 13.1 Å². The summed E-state index contributed by atoms with van der Waals surface area (Å²) in [4.78, 5) is 37.3. The molecular weight excluding hydrogens is 325 g/mol. The third-order valence-corrected chi connectivity index (χ3v) is 3.84. The first-order chi connectivity index (χ1) is 12.1. The molecule has 6 nitrogen and oxygen atoms in total. The second-order valence-electron chi connectivity index (χ2n) is 5.52. The molecule has 2 aromatic carbocycles. The Balaban J connectivity index is 1.46. The fraction of sp³-hybridized carbons (Fsp3) is 0.167. The molecule has 0 aromatic heterocycles. The minimum atomic E-state index is -0.549. The first-order valence-corrected chi connectivity index (χ1v) is 7.82. The van der Waals surface area contributed by atoms with E-state index in [1.54, 1.807) is 30.3 Å². The summed E-state index contributed by atoms with van der Waals surface area (Å²) in [6, 6.07) is 12.0. The molecule has 0 bridgehead atoms. The second kappa shape index (κ2) is 7.12. The molecule has 128 valence electrons. The van der Waals surface area contributed by atoms with E-state index in [1.807, 2.05) is 0 Å². The number of imide groups is 1. The molecule has 1 heterocycles. The van der Waals surface area contributed by atoms with Crippen LogP contribution in [-0.2, 0) is 0 Å². The van der Waals surface area contributed by atoms with Gasteiger partial charge in [-0.05, 0) is 30.7 Å². The van der Waals surface area contributed by atoms with Gasteiger partial charge in [-0.2, -0.15) is 0 Å². The van der Waals surface area contributed by atoms with Crippen molar-refractivity contribution in [2.24, 2.45) is 0 Å². The summed E-state index contributed by atoms with van der Waals surface area (Å²) in [7, 11) is 0. The van der Waals surface area contributed by atoms with E-state index in [4.69, 9.17) is 0 Å². The van der Waals surface area contributed by atoms with Gasteiger partial charge in [-0.15, -0.1) is 0 Å². The zero-order chi connectivity index (χ0) is 17.8. The molecule has 0 aliphatic carbocycles. The highest BCUT2D eigenvalue weighted by atomic mass is 19.1. The summed E-state index contributed by atoms with van der Waals surface area (Å²) in [6.07, 6.45) is 0.399. The van der Waals surface area contributed by atoms with E-state index in [0.29, 0.717) is 17.5 Å². The first-order valence-electron chi connectivity index (χ1n) is 7.82. The van der Waals surface area contributed by atoms with Crippen LogP contribution in [0.25, 0.3) is 0 Å². The molecule has 0 unspecified atom stereocenters. The summed E-state index contributed by atoms with van der Waals surface area (Å²) in [6.45, 7) is 0.444. The molecule has 0 radical (unpaired) electrons. The zero-order valence-corrected chi connectivity index (χ0v) is 13.3. The Kier molecular flexibility index (Phi) is 4.74. The largest absolute Gasteiger partial charge is 0.338 e. The van der Waals surface area contributed by atoms with Gasteiger partial charge in [-0.3, -0.25) is 14.5 Å². The Hall–Kier alpha value is -3.22. The molecule has 7 heteroatoms. The maximum absolute atomic E-state index is 13.4. The van der Waals surface area contributed by atoms with Crippen molar-refractivity contribution < 1.29 is 18.8 Å². The maximum Gasteiger partial charge on any atom is 0.319 e. The predicted octanol–water partition coefficient (Wildman–Crippen LogP) is 2.63. The summed E-state index contributed by atoms with van der Waals surface area (Å²) in [5.41, 5.74) is 0.885. The Morgan fingerprint density at radius 1 is 0.960 bits per heavy atom. The molecule has 0 saturated heterocycles. The van der Waals surface area contributed by atoms with Crippen molar-refractivity contribution in [3.8, 4) is 0 Å². The van der Waals surface area contributed by atoms with Crippen molar-refractivity contribution >= 4 is 23.5 Å². The van der Waals surface area contributed by atoms with Gasteiger partial charge in [0.25, 0.3) is 11.8 Å². The van der Waals surface area contributed by atoms with Gasteiger partial charge in [0.1, 0.15) is 5.82 Å². The fourth-order valence-electron chi connectivity index (χ4n) is 2.61. The summed E-state index contributed by atoms with van der Waals surface area (Å²) in [5, 5.41) is 4.96. The second-order valence-corrected chi connectivity index (χ2v) is 5.52. The van der Waals surface area contributed by atoms with Crippen molar-refractivity contribution in [2.45, 2.75) is 6.42 Å². The molecule has 0 fully saturated rings. The van der Waals surface area contributed by atoms with Gasteiger partial charge in [-0.1, -0.05) is 24.3 Å². The van der Waals surface area contributed by atoms with Crippen LogP contribution in [-0.4, -0.2) is 35.8 Å². The average molecular weight is 341 g/mol. The number of hydrogen-bond acceptors (Lipinski definition) is 3. The van der Waals surface area contributed by atoms with Gasteiger partial charge in [0.2, 0.25) is 0 Å².